The first kappa shape index (κ1) is 20.9. The molecule has 0 atom stereocenters. The van der Waals surface area contributed by atoms with Crippen molar-refractivity contribution in [1.82, 2.24) is 4.98 Å². The van der Waals surface area contributed by atoms with Gasteiger partial charge in [0.25, 0.3) is 0 Å². The summed E-state index contributed by atoms with van der Waals surface area (Å²) in [5.41, 5.74) is 6.28. The number of fused-ring (bicyclic) bond motifs is 7. The van der Waals surface area contributed by atoms with Gasteiger partial charge in [-0.25, -0.2) is 0 Å². The Labute approximate surface area is 209 Å². The predicted molar refractivity (Wildman–Crippen MR) is 151 cm³/mol. The first-order valence-corrected chi connectivity index (χ1v) is 12.4. The summed E-state index contributed by atoms with van der Waals surface area (Å²) in [5.74, 6) is 0. The quantitative estimate of drug-likeness (QED) is 0.244. The average Bonchev–Trinajstić information content (AvgIpc) is 3.31. The molecule has 0 saturated heterocycles. The third kappa shape index (κ3) is 3.15. The fourth-order valence-electron chi connectivity index (χ4n) is 5.52. The maximum atomic E-state index is 6.32. The molecule has 0 aliphatic carbocycles. The average molecular weight is 464 g/mol. The minimum Gasteiger partial charge on any atom is -0.456 e. The molecule has 2 aromatic heterocycles. The van der Waals surface area contributed by atoms with E-state index in [1.165, 1.54) is 38.1 Å². The normalized spacial score (nSPS) is 12.2. The molecule has 0 aliphatic rings. The zero-order valence-electron chi connectivity index (χ0n) is 20.3. The molecular weight excluding hydrogens is 438 g/mol. The van der Waals surface area contributed by atoms with E-state index in [0.29, 0.717) is 0 Å². The third-order valence-corrected chi connectivity index (χ3v) is 7.61. The van der Waals surface area contributed by atoms with Crippen molar-refractivity contribution in [3.05, 3.63) is 127 Å². The molecule has 2 heteroatoms. The standard InChI is InChI=1S/C34H25NO/c1-34(2,25-9-4-3-5-10-25)26-18-19-35-29(21-26)24-15-16-30-28(20-24)33-31(36-30)17-14-23-13-12-22-8-6-7-11-27(22)32(23)33/h3-21H,1-2H3. The van der Waals surface area contributed by atoms with Crippen LogP contribution in [0.3, 0.4) is 0 Å². The number of pyridine rings is 1. The molecule has 0 amide bonds. The van der Waals surface area contributed by atoms with Gasteiger partial charge in [0.2, 0.25) is 0 Å². The van der Waals surface area contributed by atoms with E-state index in [2.05, 4.69) is 123 Å². The van der Waals surface area contributed by atoms with E-state index in [-0.39, 0.29) is 5.41 Å². The lowest BCUT2D eigenvalue weighted by Crippen LogP contribution is -2.18. The van der Waals surface area contributed by atoms with Gasteiger partial charge in [-0.3, -0.25) is 4.98 Å². The number of rotatable bonds is 3. The molecule has 7 rings (SSSR count). The Kier molecular flexibility index (Phi) is 4.52. The van der Waals surface area contributed by atoms with Gasteiger partial charge >= 0.3 is 0 Å². The molecule has 172 valence electrons. The molecule has 0 radical (unpaired) electrons. The fourth-order valence-corrected chi connectivity index (χ4v) is 5.52. The van der Waals surface area contributed by atoms with Crippen molar-refractivity contribution in [3.8, 4) is 11.3 Å². The van der Waals surface area contributed by atoms with Gasteiger partial charge in [0.05, 0.1) is 5.69 Å². The molecule has 7 aromatic rings. The number of nitrogens with zero attached hydrogens (tertiary/aromatic N) is 1. The van der Waals surface area contributed by atoms with Gasteiger partial charge < -0.3 is 4.42 Å². The SMILES string of the molecule is CC(C)(c1ccccc1)c1ccnc(-c2ccc3oc4ccc5ccc6ccccc6c5c4c3c2)c1. The van der Waals surface area contributed by atoms with E-state index < -0.39 is 0 Å². The van der Waals surface area contributed by atoms with E-state index in [1.54, 1.807) is 0 Å². The maximum absolute atomic E-state index is 6.32. The van der Waals surface area contributed by atoms with Crippen molar-refractivity contribution in [2.75, 3.05) is 0 Å². The molecule has 0 N–H and O–H groups in total. The fraction of sp³-hybridized carbons (Fsp3) is 0.0882. The van der Waals surface area contributed by atoms with E-state index in [0.717, 1.165) is 27.8 Å². The minimum absolute atomic E-state index is 0.124. The third-order valence-electron chi connectivity index (χ3n) is 7.61. The number of hydrogen-bond acceptors (Lipinski definition) is 2. The van der Waals surface area contributed by atoms with Crippen molar-refractivity contribution in [1.29, 1.82) is 0 Å². The summed E-state index contributed by atoms with van der Waals surface area (Å²) in [5, 5.41) is 7.24. The highest BCUT2D eigenvalue weighted by molar-refractivity contribution is 6.26. The lowest BCUT2D eigenvalue weighted by Gasteiger charge is -2.26. The van der Waals surface area contributed by atoms with Crippen LogP contribution in [-0.4, -0.2) is 4.98 Å². The van der Waals surface area contributed by atoms with Crippen molar-refractivity contribution in [2.45, 2.75) is 19.3 Å². The summed E-state index contributed by atoms with van der Waals surface area (Å²) in [6.45, 7) is 4.54. The summed E-state index contributed by atoms with van der Waals surface area (Å²) in [7, 11) is 0. The highest BCUT2D eigenvalue weighted by Gasteiger charge is 2.23. The molecule has 2 heterocycles. The number of aromatic nitrogens is 1. The van der Waals surface area contributed by atoms with E-state index in [4.69, 9.17) is 9.40 Å². The highest BCUT2D eigenvalue weighted by Crippen LogP contribution is 2.40. The smallest absolute Gasteiger partial charge is 0.136 e. The zero-order valence-corrected chi connectivity index (χ0v) is 20.3. The Morgan fingerprint density at radius 1 is 0.583 bits per heavy atom. The van der Waals surface area contributed by atoms with Crippen LogP contribution in [0.25, 0.3) is 54.7 Å². The summed E-state index contributed by atoms with van der Waals surface area (Å²) in [6.07, 6.45) is 1.93. The Morgan fingerprint density at radius 3 is 2.22 bits per heavy atom. The lowest BCUT2D eigenvalue weighted by molar-refractivity contribution is 0.640. The van der Waals surface area contributed by atoms with Crippen LogP contribution < -0.4 is 0 Å². The van der Waals surface area contributed by atoms with Gasteiger partial charge in [0, 0.05) is 33.3 Å². The number of benzene rings is 5. The monoisotopic (exact) mass is 463 g/mol. The van der Waals surface area contributed by atoms with Crippen molar-refractivity contribution in [3.63, 3.8) is 0 Å². The number of hydrogen-bond donors (Lipinski definition) is 0. The molecule has 5 aromatic carbocycles. The van der Waals surface area contributed by atoms with Crippen LogP contribution in [0, 0.1) is 0 Å². The second-order valence-corrected chi connectivity index (χ2v) is 10.1. The van der Waals surface area contributed by atoms with Gasteiger partial charge in [-0.1, -0.05) is 86.6 Å². The van der Waals surface area contributed by atoms with E-state index in [1.807, 2.05) is 6.20 Å². The summed E-state index contributed by atoms with van der Waals surface area (Å²) < 4.78 is 6.32. The van der Waals surface area contributed by atoms with Gasteiger partial charge in [-0.05, 0) is 63.7 Å². The van der Waals surface area contributed by atoms with E-state index >= 15 is 0 Å². The molecule has 2 nitrogen and oxygen atoms in total. The lowest BCUT2D eigenvalue weighted by atomic mass is 9.78. The predicted octanol–water partition coefficient (Wildman–Crippen LogP) is 9.28. The number of furan rings is 1. The van der Waals surface area contributed by atoms with Gasteiger partial charge in [0.1, 0.15) is 11.2 Å². The van der Waals surface area contributed by atoms with Gasteiger partial charge in [-0.15, -0.1) is 0 Å². The first-order chi connectivity index (χ1) is 17.6. The van der Waals surface area contributed by atoms with E-state index in [9.17, 15) is 0 Å². The van der Waals surface area contributed by atoms with Crippen LogP contribution in [0.2, 0.25) is 0 Å². The molecular formula is C34H25NO. The Morgan fingerprint density at radius 2 is 1.33 bits per heavy atom. The Bertz CT molecular complexity index is 1910. The van der Waals surface area contributed by atoms with Gasteiger partial charge in [0.15, 0.2) is 0 Å². The zero-order chi connectivity index (χ0) is 24.3. The molecule has 36 heavy (non-hydrogen) atoms. The summed E-state index contributed by atoms with van der Waals surface area (Å²) in [6, 6.07) is 38.7. The largest absolute Gasteiger partial charge is 0.456 e. The van der Waals surface area contributed by atoms with Crippen molar-refractivity contribution in [2.24, 2.45) is 0 Å². The topological polar surface area (TPSA) is 26.0 Å². The minimum atomic E-state index is -0.124. The van der Waals surface area contributed by atoms with Crippen molar-refractivity contribution < 1.29 is 4.42 Å². The second kappa shape index (κ2) is 7.79. The molecule has 0 aliphatic heterocycles. The first-order valence-electron chi connectivity index (χ1n) is 12.4. The van der Waals surface area contributed by atoms with Crippen molar-refractivity contribution >= 4 is 43.5 Å². The Hall–Kier alpha value is -4.43. The molecule has 0 fully saturated rings. The highest BCUT2D eigenvalue weighted by atomic mass is 16.3. The second-order valence-electron chi connectivity index (χ2n) is 10.1. The molecule has 0 saturated carbocycles. The van der Waals surface area contributed by atoms with Crippen LogP contribution in [0.15, 0.2) is 120 Å². The van der Waals surface area contributed by atoms with Crippen LogP contribution in [-0.2, 0) is 5.41 Å². The summed E-state index contributed by atoms with van der Waals surface area (Å²) >= 11 is 0. The van der Waals surface area contributed by atoms with Crippen LogP contribution in [0.1, 0.15) is 25.0 Å². The molecule has 0 unspecified atom stereocenters. The molecule has 0 spiro atoms. The van der Waals surface area contributed by atoms with Crippen LogP contribution in [0.4, 0.5) is 0 Å². The summed E-state index contributed by atoms with van der Waals surface area (Å²) in [4.78, 5) is 4.77. The maximum Gasteiger partial charge on any atom is 0.136 e. The molecule has 0 bridgehead atoms. The Balaban J connectivity index is 1.45. The van der Waals surface area contributed by atoms with Crippen LogP contribution >= 0.6 is 0 Å². The van der Waals surface area contributed by atoms with Crippen LogP contribution in [0.5, 0.6) is 0 Å². The van der Waals surface area contributed by atoms with Gasteiger partial charge in [-0.2, -0.15) is 0 Å².